The first-order valence-corrected chi connectivity index (χ1v) is 4.49. The number of hydrogen-bond acceptors (Lipinski definition) is 3. The molecule has 0 bridgehead atoms. The topological polar surface area (TPSA) is 65.3 Å². The molecule has 0 saturated carbocycles. The number of nitrogens with one attached hydrogen (secondary N) is 2. The number of nitrogens with zero attached hydrogens (tertiary/aromatic N) is 1. The Bertz CT molecular complexity index is 245. The molecular formula is C9H17N3O. The van der Waals surface area contributed by atoms with Crippen LogP contribution in [0.2, 0.25) is 0 Å². The molecule has 1 aliphatic heterocycles. The highest BCUT2D eigenvalue weighted by Gasteiger charge is 2.47. The lowest BCUT2D eigenvalue weighted by atomic mass is 9.86. The summed E-state index contributed by atoms with van der Waals surface area (Å²) >= 11 is 0. The van der Waals surface area contributed by atoms with Gasteiger partial charge < -0.3 is 5.32 Å². The summed E-state index contributed by atoms with van der Waals surface area (Å²) in [5.74, 6) is -0.483. The van der Waals surface area contributed by atoms with Crippen molar-refractivity contribution in [3.8, 4) is 0 Å². The van der Waals surface area contributed by atoms with Crippen molar-refractivity contribution in [2.75, 3.05) is 0 Å². The van der Waals surface area contributed by atoms with E-state index in [1.54, 1.807) is 0 Å². The first kappa shape index (κ1) is 10.3. The smallest absolute Gasteiger partial charge is 0.268 e. The maximum Gasteiger partial charge on any atom is 0.268 e. The van der Waals surface area contributed by atoms with Crippen LogP contribution in [0.1, 0.15) is 34.1 Å². The van der Waals surface area contributed by atoms with Gasteiger partial charge in [-0.15, -0.1) is 5.11 Å². The zero-order valence-electron chi connectivity index (χ0n) is 8.64. The molecule has 1 aliphatic rings. The van der Waals surface area contributed by atoms with E-state index < -0.39 is 0 Å². The van der Waals surface area contributed by atoms with Crippen LogP contribution in [0, 0.1) is 11.4 Å². The molecule has 1 atom stereocenters. The van der Waals surface area contributed by atoms with Crippen LogP contribution in [0.4, 0.5) is 0 Å². The third-order valence-electron chi connectivity index (χ3n) is 2.65. The van der Waals surface area contributed by atoms with Gasteiger partial charge in [-0.1, -0.05) is 0 Å². The van der Waals surface area contributed by atoms with Gasteiger partial charge >= 0.3 is 0 Å². The Morgan fingerprint density at radius 2 is 2.00 bits per heavy atom. The fraction of sp³-hybridized carbons (Fsp3) is 0.889. The lowest BCUT2D eigenvalue weighted by Gasteiger charge is -2.26. The largest absolute Gasteiger partial charge is 0.306 e. The summed E-state index contributed by atoms with van der Waals surface area (Å²) < 4.78 is 0. The molecular weight excluding hydrogens is 166 g/mol. The molecule has 1 fully saturated rings. The molecule has 0 aliphatic carbocycles. The van der Waals surface area contributed by atoms with Gasteiger partial charge in [0, 0.05) is 11.1 Å². The predicted molar refractivity (Wildman–Crippen MR) is 49.6 cm³/mol. The molecule has 1 rings (SSSR count). The van der Waals surface area contributed by atoms with Crippen LogP contribution in [0.15, 0.2) is 5.11 Å². The van der Waals surface area contributed by atoms with E-state index in [0.29, 0.717) is 0 Å². The molecule has 1 saturated heterocycles. The van der Waals surface area contributed by atoms with Crippen LogP contribution < -0.4 is 5.32 Å². The summed E-state index contributed by atoms with van der Waals surface area (Å²) in [5.41, 5.74) is 6.45. The highest BCUT2D eigenvalue weighted by Crippen LogP contribution is 2.36. The quantitative estimate of drug-likeness (QED) is 0.608. The Hall–Kier alpha value is -0.770. The van der Waals surface area contributed by atoms with Crippen molar-refractivity contribution in [1.29, 1.82) is 5.53 Å². The highest BCUT2D eigenvalue weighted by molar-refractivity contribution is 5.80. The van der Waals surface area contributed by atoms with E-state index in [1.165, 1.54) is 0 Å². The summed E-state index contributed by atoms with van der Waals surface area (Å²) in [5, 5.41) is 6.37. The molecule has 0 aromatic carbocycles. The van der Waals surface area contributed by atoms with E-state index in [4.69, 9.17) is 5.53 Å². The summed E-state index contributed by atoms with van der Waals surface area (Å²) in [6.45, 7) is 8.09. The second-order valence-electron chi connectivity index (χ2n) is 4.94. The number of amides is 1. The number of carbonyl (C=O) groups excluding carboxylic acids is 1. The van der Waals surface area contributed by atoms with Crippen molar-refractivity contribution in [2.45, 2.75) is 45.2 Å². The van der Waals surface area contributed by atoms with Crippen LogP contribution in [-0.2, 0) is 4.79 Å². The molecule has 4 nitrogen and oxygen atoms in total. The lowest BCUT2D eigenvalue weighted by Crippen LogP contribution is -2.46. The van der Waals surface area contributed by atoms with E-state index in [0.717, 1.165) is 6.42 Å². The predicted octanol–water partition coefficient (Wildman–Crippen LogP) is 1.71. The average Bonchev–Trinajstić information content (AvgIpc) is 2.17. The summed E-state index contributed by atoms with van der Waals surface area (Å²) in [6.07, 6.45) is 0.751. The summed E-state index contributed by atoms with van der Waals surface area (Å²) in [6, 6.07) is 0. The summed E-state index contributed by atoms with van der Waals surface area (Å²) in [4.78, 5) is 11.3. The molecule has 1 amide bonds. The Balaban J connectivity index is 2.88. The van der Waals surface area contributed by atoms with Gasteiger partial charge in [0.05, 0.1) is 5.92 Å². The molecule has 0 aromatic heterocycles. The highest BCUT2D eigenvalue weighted by atomic mass is 16.1. The Kier molecular flexibility index (Phi) is 2.28. The fourth-order valence-corrected chi connectivity index (χ4v) is 2.25. The van der Waals surface area contributed by atoms with Gasteiger partial charge in [0.2, 0.25) is 0 Å². The number of carbonyl (C=O) groups is 1. The van der Waals surface area contributed by atoms with Gasteiger partial charge in [0.25, 0.3) is 5.91 Å². The SMILES string of the molecule is CC1(C)CC(C(=O)N=N)C(C)(C)N1. The van der Waals surface area contributed by atoms with Gasteiger partial charge in [-0.3, -0.25) is 4.79 Å². The Morgan fingerprint density at radius 3 is 2.31 bits per heavy atom. The minimum atomic E-state index is -0.317. The molecule has 0 radical (unpaired) electrons. The van der Waals surface area contributed by atoms with Gasteiger partial charge in [0.1, 0.15) is 0 Å². The van der Waals surface area contributed by atoms with Gasteiger partial charge in [-0.05, 0) is 34.1 Å². The average molecular weight is 183 g/mol. The fourth-order valence-electron chi connectivity index (χ4n) is 2.25. The third-order valence-corrected chi connectivity index (χ3v) is 2.65. The molecule has 0 aromatic rings. The van der Waals surface area contributed by atoms with E-state index in [1.807, 2.05) is 13.8 Å². The number of rotatable bonds is 1. The zero-order valence-corrected chi connectivity index (χ0v) is 8.64. The first-order chi connectivity index (χ1) is 5.78. The number of hydrogen-bond donors (Lipinski definition) is 2. The maximum atomic E-state index is 11.3. The zero-order chi connectivity index (χ0) is 10.3. The maximum absolute atomic E-state index is 11.3. The van der Waals surface area contributed by atoms with Crippen LogP contribution in [0.3, 0.4) is 0 Å². The second kappa shape index (κ2) is 2.87. The third kappa shape index (κ3) is 1.94. The lowest BCUT2D eigenvalue weighted by molar-refractivity contribution is -0.123. The van der Waals surface area contributed by atoms with Crippen molar-refractivity contribution >= 4 is 5.91 Å². The van der Waals surface area contributed by atoms with E-state index >= 15 is 0 Å². The molecule has 2 N–H and O–H groups in total. The Morgan fingerprint density at radius 1 is 1.46 bits per heavy atom. The van der Waals surface area contributed by atoms with E-state index in [9.17, 15) is 4.79 Å². The standard InChI is InChI=1S/C9H17N3O/c1-8(2)5-6(7(13)11-10)9(3,4)12-8/h6,10,12H,5H2,1-4H3. The molecule has 1 heterocycles. The van der Waals surface area contributed by atoms with Crippen molar-refractivity contribution in [3.63, 3.8) is 0 Å². The van der Waals surface area contributed by atoms with Crippen LogP contribution in [0.25, 0.3) is 0 Å². The molecule has 74 valence electrons. The van der Waals surface area contributed by atoms with Gasteiger partial charge in [-0.2, -0.15) is 0 Å². The monoisotopic (exact) mass is 183 g/mol. The van der Waals surface area contributed by atoms with Crippen LogP contribution in [0.5, 0.6) is 0 Å². The van der Waals surface area contributed by atoms with E-state index in [2.05, 4.69) is 24.3 Å². The Labute approximate surface area is 78.6 Å². The molecule has 0 spiro atoms. The molecule has 1 unspecified atom stereocenters. The van der Waals surface area contributed by atoms with Crippen LogP contribution >= 0.6 is 0 Å². The van der Waals surface area contributed by atoms with Gasteiger partial charge in [0.15, 0.2) is 0 Å². The van der Waals surface area contributed by atoms with Crippen molar-refractivity contribution in [2.24, 2.45) is 11.0 Å². The van der Waals surface area contributed by atoms with Crippen molar-refractivity contribution < 1.29 is 4.79 Å². The molecule has 4 heteroatoms. The molecule has 13 heavy (non-hydrogen) atoms. The minimum Gasteiger partial charge on any atom is -0.306 e. The second-order valence-corrected chi connectivity index (χ2v) is 4.94. The van der Waals surface area contributed by atoms with Crippen molar-refractivity contribution in [1.82, 2.24) is 5.32 Å². The normalized spacial score (nSPS) is 30.0. The minimum absolute atomic E-state index is 0.0332. The first-order valence-electron chi connectivity index (χ1n) is 4.49. The van der Waals surface area contributed by atoms with E-state index in [-0.39, 0.29) is 22.9 Å². The summed E-state index contributed by atoms with van der Waals surface area (Å²) in [7, 11) is 0. The van der Waals surface area contributed by atoms with Crippen molar-refractivity contribution in [3.05, 3.63) is 0 Å². The van der Waals surface area contributed by atoms with Crippen LogP contribution in [-0.4, -0.2) is 17.0 Å². The van der Waals surface area contributed by atoms with Gasteiger partial charge in [-0.25, -0.2) is 5.53 Å².